The number of nitrogens with zero attached hydrogens (tertiary/aromatic N) is 2. The number of rotatable bonds is 17. The highest BCUT2D eigenvalue weighted by molar-refractivity contribution is 6.30. The number of hydrogen-bond donors (Lipinski definition) is 4. The number of halogens is 1. The van der Waals surface area contributed by atoms with Crippen LogP contribution in [0, 0.1) is 16.0 Å². The Balaban J connectivity index is 1.35. The van der Waals surface area contributed by atoms with Crippen LogP contribution in [-0.4, -0.2) is 72.4 Å². The van der Waals surface area contributed by atoms with E-state index in [2.05, 4.69) is 10.6 Å². The Morgan fingerprint density at radius 2 is 1.84 bits per heavy atom. The third kappa shape index (κ3) is 10.7. The van der Waals surface area contributed by atoms with E-state index in [1.807, 2.05) is 0 Å². The fourth-order valence-electron chi connectivity index (χ4n) is 6.58. The topological polar surface area (TPSA) is 218 Å². The monoisotopic (exact) mass is 732 g/mol. The lowest BCUT2D eigenvalue weighted by Gasteiger charge is -2.32. The highest BCUT2D eigenvalue weighted by Crippen LogP contribution is 2.38. The van der Waals surface area contributed by atoms with Crippen molar-refractivity contribution in [1.82, 2.24) is 15.5 Å². The van der Waals surface area contributed by atoms with Crippen LogP contribution in [0.4, 0.5) is 5.69 Å². The molecule has 6 N–H and O–H groups in total. The lowest BCUT2D eigenvalue weighted by atomic mass is 9.83. The number of benzene rings is 2. The first kappa shape index (κ1) is 37.6. The minimum atomic E-state index is -0.840. The number of amides is 4. The summed E-state index contributed by atoms with van der Waals surface area (Å²) in [7, 11) is 1.37. The highest BCUT2D eigenvalue weighted by Gasteiger charge is 2.38. The molecular weight excluding hydrogens is 684 g/mol. The zero-order valence-corrected chi connectivity index (χ0v) is 29.7. The van der Waals surface area contributed by atoms with E-state index in [0.29, 0.717) is 35.7 Å². The number of nitro benzene ring substituents is 1. The average Bonchev–Trinajstić information content (AvgIpc) is 3.64. The summed E-state index contributed by atoms with van der Waals surface area (Å²) in [6, 6.07) is 5.26. The van der Waals surface area contributed by atoms with Crippen molar-refractivity contribution in [2.75, 3.05) is 26.9 Å². The van der Waals surface area contributed by atoms with Gasteiger partial charge in [-0.3, -0.25) is 29.3 Å². The molecule has 1 heterocycles. The van der Waals surface area contributed by atoms with Gasteiger partial charge in [-0.1, -0.05) is 30.9 Å². The number of nitrogens with one attached hydrogen (secondary N) is 2. The first-order valence-electron chi connectivity index (χ1n) is 17.7. The van der Waals surface area contributed by atoms with Crippen molar-refractivity contribution in [2.45, 2.75) is 89.4 Å². The number of primary amides is 1. The zero-order valence-electron chi connectivity index (χ0n) is 29.9. The van der Waals surface area contributed by atoms with Gasteiger partial charge in [0.15, 0.2) is 19.5 Å². The van der Waals surface area contributed by atoms with E-state index in [9.17, 15) is 29.3 Å². The van der Waals surface area contributed by atoms with Gasteiger partial charge in [0.25, 0.3) is 11.6 Å². The van der Waals surface area contributed by atoms with Crippen molar-refractivity contribution >= 4 is 40.9 Å². The van der Waals surface area contributed by atoms with Crippen LogP contribution < -0.4 is 36.3 Å². The molecule has 2 aromatic rings. The Bertz CT molecular complexity index is 1610. The molecule has 1 aliphatic heterocycles. The van der Waals surface area contributed by atoms with Gasteiger partial charge >= 0.3 is 0 Å². The van der Waals surface area contributed by atoms with Crippen LogP contribution in [0.3, 0.4) is 0 Å². The number of hydrogen-bond acceptors (Lipinski definition) is 10. The van der Waals surface area contributed by atoms with Gasteiger partial charge in [0.05, 0.1) is 42.4 Å². The molecule has 16 heteroatoms. The molecule has 51 heavy (non-hydrogen) atoms. The second kappa shape index (κ2) is 18.6. The van der Waals surface area contributed by atoms with E-state index in [0.717, 1.165) is 32.1 Å². The summed E-state index contributed by atoms with van der Waals surface area (Å²) < 4.78 is 23.6. The molecule has 1 aliphatic carbocycles. The van der Waals surface area contributed by atoms with E-state index in [-0.39, 0.29) is 66.5 Å². The van der Waals surface area contributed by atoms with Crippen molar-refractivity contribution in [1.29, 1.82) is 0 Å². The Kier molecular flexibility index (Phi) is 13.7. The number of methoxy groups -OCH3 is 1. The highest BCUT2D eigenvalue weighted by atomic mass is 35.5. The second-order valence-electron chi connectivity index (χ2n) is 12.9. The van der Waals surface area contributed by atoms with Gasteiger partial charge in [-0.2, -0.15) is 0 Å². The van der Waals surface area contributed by atoms with Crippen LogP contribution in [-0.2, 0) is 25.7 Å². The van der Waals surface area contributed by atoms with Gasteiger partial charge in [0, 0.05) is 30.1 Å². The van der Waals surface area contributed by atoms with E-state index in [1.165, 1.54) is 19.2 Å². The van der Waals surface area contributed by atoms with E-state index in [4.69, 9.17) is 33.0 Å². The summed E-state index contributed by atoms with van der Waals surface area (Å²) in [6.07, 6.45) is 6.64. The molecule has 0 aromatic heterocycles. The molecule has 4 amide bonds. The summed E-state index contributed by atoms with van der Waals surface area (Å²) in [5, 5.41) is 17.9. The maximum Gasteiger partial charge on any atom is 0.278 e. The van der Waals surface area contributed by atoms with Crippen LogP contribution in [0.5, 0.6) is 17.2 Å². The number of nitro groups is 1. The third-order valence-electron chi connectivity index (χ3n) is 9.28. The number of carbonyl (C=O) groups is 4. The predicted molar refractivity (Wildman–Crippen MR) is 188 cm³/mol. The molecule has 3 atom stereocenters. The molecule has 1 unspecified atom stereocenters. The van der Waals surface area contributed by atoms with Gasteiger partial charge in [-0.15, -0.1) is 0 Å². The Morgan fingerprint density at radius 1 is 1.08 bits per heavy atom. The predicted octanol–water partition coefficient (Wildman–Crippen LogP) is 3.67. The van der Waals surface area contributed by atoms with Gasteiger partial charge in [-0.05, 0) is 69.2 Å². The lowest BCUT2D eigenvalue weighted by Crippen LogP contribution is -2.53. The van der Waals surface area contributed by atoms with Crippen molar-refractivity contribution in [2.24, 2.45) is 17.4 Å². The van der Waals surface area contributed by atoms with Gasteiger partial charge < -0.3 is 41.2 Å². The molecule has 1 saturated heterocycles. The summed E-state index contributed by atoms with van der Waals surface area (Å²) in [5.41, 5.74) is 8.50. The SMILES string of the molecule is [3H]NC(=O)CCCOc1cc([N+](=O)[O-])c(C(C)NC(=O)COc2ccc(Cl)cc2CNC(=O)[C@H]2CCCN2C(=O)[C@@H](N)C2CCCCC2)cc1OC. The smallest absolute Gasteiger partial charge is 0.278 e. The Labute approximate surface area is 303 Å². The van der Waals surface area contributed by atoms with Crippen molar-refractivity contribution in [3.8, 4) is 17.2 Å². The molecule has 4 rings (SSSR count). The fourth-order valence-corrected chi connectivity index (χ4v) is 6.77. The summed E-state index contributed by atoms with van der Waals surface area (Å²) in [6.45, 7) is 1.67. The van der Waals surface area contributed by atoms with Crippen molar-refractivity contribution in [3.05, 3.63) is 56.6 Å². The van der Waals surface area contributed by atoms with Crippen molar-refractivity contribution < 1.29 is 39.7 Å². The quantitative estimate of drug-likeness (QED) is 0.105. The number of nitrogens with two attached hydrogens (primary N) is 2. The minimum Gasteiger partial charge on any atom is -0.493 e. The van der Waals surface area contributed by atoms with Crippen LogP contribution in [0.25, 0.3) is 0 Å². The molecular formula is C35H47ClN6O9. The van der Waals surface area contributed by atoms with E-state index >= 15 is 0 Å². The van der Waals surface area contributed by atoms with E-state index < -0.39 is 41.5 Å². The maximum atomic E-state index is 13.3. The minimum absolute atomic E-state index is 0.0256. The van der Waals surface area contributed by atoms with Gasteiger partial charge in [0.1, 0.15) is 11.8 Å². The summed E-state index contributed by atoms with van der Waals surface area (Å²) >= 11 is 6.25. The van der Waals surface area contributed by atoms with Gasteiger partial charge in [0.2, 0.25) is 17.7 Å². The first-order chi connectivity index (χ1) is 24.9. The average molecular weight is 733 g/mol. The van der Waals surface area contributed by atoms with Gasteiger partial charge in [-0.25, -0.2) is 0 Å². The van der Waals surface area contributed by atoms with Crippen LogP contribution in [0.2, 0.25) is 6.43 Å². The molecule has 0 spiro atoms. The fraction of sp³-hybridized carbons (Fsp3) is 0.543. The Morgan fingerprint density at radius 3 is 2.55 bits per heavy atom. The van der Waals surface area contributed by atoms with Crippen molar-refractivity contribution in [3.63, 3.8) is 0 Å². The van der Waals surface area contributed by atoms with Crippen LogP contribution in [0.1, 0.15) is 81.9 Å². The first-order valence-corrected chi connectivity index (χ1v) is 17.5. The molecule has 2 fully saturated rings. The third-order valence-corrected chi connectivity index (χ3v) is 9.51. The zero-order chi connectivity index (χ0) is 37.8. The Hall–Kier alpha value is -4.63. The second-order valence-corrected chi connectivity index (χ2v) is 13.3. The molecule has 15 nitrogen and oxygen atoms in total. The number of likely N-dealkylation sites (tertiary alicyclic amines) is 1. The van der Waals surface area contributed by atoms with Crippen LogP contribution >= 0.6 is 11.6 Å². The van der Waals surface area contributed by atoms with E-state index in [1.54, 1.807) is 35.7 Å². The number of ether oxygens (including phenoxy) is 3. The molecule has 0 radical (unpaired) electrons. The summed E-state index contributed by atoms with van der Waals surface area (Å²) in [5.74, 6) is -0.869. The molecule has 1 saturated carbocycles. The van der Waals surface area contributed by atoms with Crippen LogP contribution in [0.15, 0.2) is 30.3 Å². The summed E-state index contributed by atoms with van der Waals surface area (Å²) in [4.78, 5) is 63.9. The number of carbonyl (C=O) groups excluding carboxylic acids is 4. The molecule has 2 aliphatic rings. The maximum absolute atomic E-state index is 13.3. The standard InChI is InChI=1S/C35H47ClN6O9/c1-21(25-17-29(49-2)30(18-27(25)42(47)48)50-15-7-11-31(37)43)40-32(44)20-51-28-13-12-24(36)16-23(28)19-39-34(45)26-10-6-14-41(26)35(46)33(38)22-8-4-3-5-9-22/h12-13,16-18,21-22,26,33H,3-11,14-15,19-20,38H2,1-2H3,(H2,37,43)(H,39,45)(H,40,44)/t21?,26-,33+/m1/s1/i/hT. The largest absolute Gasteiger partial charge is 0.493 e. The lowest BCUT2D eigenvalue weighted by molar-refractivity contribution is -0.385. The molecule has 2 aromatic carbocycles. The molecule has 278 valence electrons. The molecule has 0 bridgehead atoms. The normalized spacial score (nSPS) is 17.5.